The molecule has 0 amide bonds. The maximum atomic E-state index is 13.9. The number of benzene rings is 2. The molecule has 4 nitrogen and oxygen atoms in total. The van der Waals surface area contributed by atoms with E-state index in [-0.39, 0.29) is 28.3 Å². The van der Waals surface area contributed by atoms with Crippen molar-refractivity contribution in [1.29, 1.82) is 0 Å². The van der Waals surface area contributed by atoms with E-state index >= 15 is 0 Å². The Bertz CT molecular complexity index is 1440. The summed E-state index contributed by atoms with van der Waals surface area (Å²) in [5, 5.41) is 5.02. The van der Waals surface area contributed by atoms with E-state index in [1.807, 2.05) is 6.07 Å². The fourth-order valence-electron chi connectivity index (χ4n) is 6.01. The van der Waals surface area contributed by atoms with E-state index in [1.54, 1.807) is 11.3 Å². The molecule has 4 aromatic rings. The van der Waals surface area contributed by atoms with E-state index in [0.717, 1.165) is 63.8 Å². The number of alkyl halides is 5. The molecule has 0 N–H and O–H groups in total. The molecule has 0 radical (unpaired) electrons. The molecule has 0 atom stereocenters. The topological polar surface area (TPSA) is 34.0 Å². The summed E-state index contributed by atoms with van der Waals surface area (Å²) in [7, 11) is 0. The molecule has 194 valence electrons. The van der Waals surface area contributed by atoms with Gasteiger partial charge < -0.3 is 4.90 Å². The number of hydrogen-bond acceptors (Lipinski definition) is 4. The molecule has 0 unspecified atom stereocenters. The van der Waals surface area contributed by atoms with E-state index in [2.05, 4.69) is 29.1 Å². The number of aromatic nitrogens is 3. The van der Waals surface area contributed by atoms with Gasteiger partial charge in [0.1, 0.15) is 0 Å². The van der Waals surface area contributed by atoms with Crippen molar-refractivity contribution in [2.45, 2.75) is 51.1 Å². The zero-order valence-corrected chi connectivity index (χ0v) is 20.9. The molecule has 1 spiro atoms. The van der Waals surface area contributed by atoms with Crippen molar-refractivity contribution in [3.8, 4) is 5.69 Å². The number of aryl methyl sites for hydroxylation is 1. The van der Waals surface area contributed by atoms with Crippen molar-refractivity contribution in [3.05, 3.63) is 71.0 Å². The Kier molecular flexibility index (Phi) is 5.78. The van der Waals surface area contributed by atoms with Crippen molar-refractivity contribution in [1.82, 2.24) is 14.8 Å². The largest absolute Gasteiger partial charge is 0.418 e. The number of rotatable bonds is 4. The molecule has 10 heteroatoms. The molecule has 6 rings (SSSR count). The van der Waals surface area contributed by atoms with Gasteiger partial charge >= 0.3 is 6.18 Å². The van der Waals surface area contributed by atoms with Gasteiger partial charge in [-0.05, 0) is 61.8 Å². The Morgan fingerprint density at radius 2 is 1.76 bits per heavy atom. The number of para-hydroxylation sites is 2. The number of anilines is 1. The predicted molar refractivity (Wildman–Crippen MR) is 134 cm³/mol. The Morgan fingerprint density at radius 3 is 2.43 bits per heavy atom. The first-order valence-corrected chi connectivity index (χ1v) is 13.1. The molecule has 2 aliphatic rings. The van der Waals surface area contributed by atoms with Crippen LogP contribution in [-0.4, -0.2) is 27.9 Å². The summed E-state index contributed by atoms with van der Waals surface area (Å²) in [5.74, 6) is -0.260. The van der Waals surface area contributed by atoms with Crippen molar-refractivity contribution in [2.75, 3.05) is 18.0 Å². The van der Waals surface area contributed by atoms with Crippen LogP contribution in [0.4, 0.5) is 27.1 Å². The smallest absolute Gasteiger partial charge is 0.348 e. The van der Waals surface area contributed by atoms with Crippen LogP contribution in [0.5, 0.6) is 0 Å². The number of fused-ring (bicyclic) bond motifs is 1. The van der Waals surface area contributed by atoms with Gasteiger partial charge in [-0.2, -0.15) is 18.3 Å². The molecule has 2 aromatic heterocycles. The highest BCUT2D eigenvalue weighted by atomic mass is 32.1. The number of piperidine rings is 1. The number of halogens is 5. The zero-order chi connectivity index (χ0) is 25.9. The minimum absolute atomic E-state index is 0.00576. The summed E-state index contributed by atoms with van der Waals surface area (Å²) >= 11 is 1.68. The number of hydrogen-bond donors (Lipinski definition) is 0. The van der Waals surface area contributed by atoms with Gasteiger partial charge in [0.05, 0.1) is 38.9 Å². The second-order valence-corrected chi connectivity index (χ2v) is 11.2. The van der Waals surface area contributed by atoms with Crippen molar-refractivity contribution in [3.63, 3.8) is 0 Å². The molecule has 37 heavy (non-hydrogen) atoms. The van der Waals surface area contributed by atoms with Gasteiger partial charge in [-0.1, -0.05) is 35.6 Å². The van der Waals surface area contributed by atoms with Gasteiger partial charge in [0.2, 0.25) is 0 Å². The Morgan fingerprint density at radius 1 is 1.03 bits per heavy atom. The molecule has 3 heterocycles. The summed E-state index contributed by atoms with van der Waals surface area (Å²) in [5.41, 5.74) is 1.02. The van der Waals surface area contributed by atoms with Crippen LogP contribution in [0.3, 0.4) is 0 Å². The van der Waals surface area contributed by atoms with Crippen molar-refractivity contribution >= 4 is 26.7 Å². The van der Waals surface area contributed by atoms with E-state index in [0.29, 0.717) is 12.8 Å². The van der Waals surface area contributed by atoms with Gasteiger partial charge in [-0.25, -0.2) is 18.4 Å². The van der Waals surface area contributed by atoms with E-state index in [1.165, 1.54) is 18.2 Å². The monoisotopic (exact) mass is 532 g/mol. The summed E-state index contributed by atoms with van der Waals surface area (Å²) in [6, 6.07) is 11.2. The Balaban J connectivity index is 1.22. The lowest BCUT2D eigenvalue weighted by Crippen LogP contribution is -2.47. The highest BCUT2D eigenvalue weighted by Gasteiger charge is 2.49. The van der Waals surface area contributed by atoms with Crippen LogP contribution >= 0.6 is 11.3 Å². The van der Waals surface area contributed by atoms with E-state index in [4.69, 9.17) is 4.98 Å². The van der Waals surface area contributed by atoms with E-state index in [9.17, 15) is 22.0 Å². The Hall–Kier alpha value is -3.01. The molecule has 1 saturated carbocycles. The predicted octanol–water partition coefficient (Wildman–Crippen LogP) is 7.91. The lowest BCUT2D eigenvalue weighted by atomic mass is 9.56. The van der Waals surface area contributed by atoms with Crippen molar-refractivity contribution in [2.24, 2.45) is 5.41 Å². The first-order chi connectivity index (χ1) is 17.7. The summed E-state index contributed by atoms with van der Waals surface area (Å²) < 4.78 is 71.1. The third-order valence-corrected chi connectivity index (χ3v) is 9.04. The first kappa shape index (κ1) is 24.3. The summed E-state index contributed by atoms with van der Waals surface area (Å²) in [6.45, 7) is 3.70. The van der Waals surface area contributed by atoms with Crippen LogP contribution in [-0.2, 0) is 6.18 Å². The fourth-order valence-corrected chi connectivity index (χ4v) is 7.10. The molecule has 1 saturated heterocycles. The average molecular weight is 533 g/mol. The summed E-state index contributed by atoms with van der Waals surface area (Å²) in [6.07, 6.45) is -3.26. The summed E-state index contributed by atoms with van der Waals surface area (Å²) in [4.78, 5) is 7.13. The van der Waals surface area contributed by atoms with Crippen LogP contribution < -0.4 is 4.90 Å². The molecular weight excluding hydrogens is 507 g/mol. The van der Waals surface area contributed by atoms with Gasteiger partial charge in [0.25, 0.3) is 6.43 Å². The second-order valence-electron chi connectivity index (χ2n) is 10.2. The first-order valence-electron chi connectivity index (χ1n) is 12.3. The Labute approximate surface area is 214 Å². The second kappa shape index (κ2) is 8.79. The molecule has 1 aliphatic heterocycles. The maximum absolute atomic E-state index is 13.9. The molecular formula is C27H25F5N4S. The quantitative estimate of drug-likeness (QED) is 0.251. The number of nitrogens with zero attached hydrogens (tertiary/aromatic N) is 4. The van der Waals surface area contributed by atoms with E-state index < -0.39 is 18.2 Å². The lowest BCUT2D eigenvalue weighted by Gasteiger charge is -2.52. The third kappa shape index (κ3) is 4.19. The van der Waals surface area contributed by atoms with Crippen molar-refractivity contribution < 1.29 is 22.0 Å². The van der Waals surface area contributed by atoms with Gasteiger partial charge in [0, 0.05) is 19.0 Å². The van der Waals surface area contributed by atoms with Crippen LogP contribution in [0.15, 0.2) is 48.7 Å². The van der Waals surface area contributed by atoms with Gasteiger partial charge in [-0.3, -0.25) is 0 Å². The van der Waals surface area contributed by atoms with Gasteiger partial charge in [0.15, 0.2) is 5.13 Å². The van der Waals surface area contributed by atoms with Crippen LogP contribution in [0.1, 0.15) is 60.4 Å². The lowest BCUT2D eigenvalue weighted by molar-refractivity contribution is -0.137. The molecule has 2 fully saturated rings. The SMILES string of the molecule is Cc1cccc2sc(N3CCC4(CC3)CC(c3c(C(F)F)cnn3-c3ccccc3C(F)(F)F)C4)nc12. The molecule has 2 aromatic carbocycles. The molecule has 1 aliphatic carbocycles. The van der Waals surface area contributed by atoms with Crippen LogP contribution in [0, 0.1) is 12.3 Å². The number of thiazole rings is 1. The molecule has 0 bridgehead atoms. The maximum Gasteiger partial charge on any atom is 0.418 e. The van der Waals surface area contributed by atoms with Crippen LogP contribution in [0.2, 0.25) is 0 Å². The third-order valence-electron chi connectivity index (χ3n) is 7.96. The van der Waals surface area contributed by atoms with Crippen LogP contribution in [0.25, 0.3) is 15.9 Å². The minimum atomic E-state index is -4.61. The fraction of sp³-hybridized carbons (Fsp3) is 0.407. The average Bonchev–Trinajstić information content (AvgIpc) is 3.48. The highest BCUT2D eigenvalue weighted by molar-refractivity contribution is 7.22. The normalized spacial score (nSPS) is 18.2. The standard InChI is InChI=1S/C27H25F5N4S/c1-16-5-4-8-21-22(16)34-25(37-21)35-11-9-26(10-12-35)13-17(14-26)23-18(24(28)29)15-33-36(23)20-7-3-2-6-19(20)27(30,31)32/h2-8,15,17,24H,9-14H2,1H3. The minimum Gasteiger partial charge on any atom is -0.348 e. The highest BCUT2D eigenvalue weighted by Crippen LogP contribution is 2.58. The van der Waals surface area contributed by atoms with Gasteiger partial charge in [-0.15, -0.1) is 0 Å². The zero-order valence-electron chi connectivity index (χ0n) is 20.1.